The number of benzene rings is 2. The van der Waals surface area contributed by atoms with Crippen LogP contribution in [0.3, 0.4) is 0 Å². The molecule has 5 rings (SSSR count). The molecular weight excluding hydrogens is 444 g/mol. The molecule has 2 aliphatic heterocycles. The summed E-state index contributed by atoms with van der Waals surface area (Å²) in [6.07, 6.45) is 3.26. The summed E-state index contributed by atoms with van der Waals surface area (Å²) in [5.41, 5.74) is 4.40. The molecule has 2 aromatic carbocycles. The number of hydrogen-bond donors (Lipinski definition) is 0. The van der Waals surface area contributed by atoms with E-state index < -0.39 is 11.9 Å². The lowest BCUT2D eigenvalue weighted by Crippen LogP contribution is -2.31. The van der Waals surface area contributed by atoms with Crippen LogP contribution in [0.15, 0.2) is 54.1 Å². The predicted octanol–water partition coefficient (Wildman–Crippen LogP) is 4.11. The molecule has 2 fully saturated rings. The van der Waals surface area contributed by atoms with Gasteiger partial charge in [0, 0.05) is 24.7 Å². The Kier molecular flexibility index (Phi) is 5.79. The molecular formula is C28H28N2O5. The first kappa shape index (κ1) is 23.0. The summed E-state index contributed by atoms with van der Waals surface area (Å²) in [5, 5.41) is 0. The van der Waals surface area contributed by atoms with Crippen LogP contribution in [0.1, 0.15) is 37.3 Å². The summed E-state index contributed by atoms with van der Waals surface area (Å²) in [6, 6.07) is 12.4. The second-order valence-electron chi connectivity index (χ2n) is 9.88. The molecule has 2 aromatic rings. The molecule has 0 saturated carbocycles. The molecule has 3 atom stereocenters. The summed E-state index contributed by atoms with van der Waals surface area (Å²) in [4.78, 5) is 54.4. The fourth-order valence-electron chi connectivity index (χ4n) is 5.40. The van der Waals surface area contributed by atoms with Crippen LogP contribution in [0.25, 0.3) is 0 Å². The molecule has 2 heterocycles. The number of carbonyl (C=O) groups is 4. The molecule has 35 heavy (non-hydrogen) atoms. The van der Waals surface area contributed by atoms with Gasteiger partial charge in [0.15, 0.2) is 0 Å². The molecule has 0 bridgehead atoms. The van der Waals surface area contributed by atoms with Crippen molar-refractivity contribution in [1.82, 2.24) is 0 Å². The van der Waals surface area contributed by atoms with Gasteiger partial charge in [-0.3, -0.25) is 19.2 Å². The van der Waals surface area contributed by atoms with Crippen molar-refractivity contribution in [2.45, 2.75) is 40.0 Å². The van der Waals surface area contributed by atoms with E-state index in [1.165, 1.54) is 4.90 Å². The standard InChI is InChI=1S/C28H28N2O5/c1-16-7-8-23-24(12-16)27(33)30(26(23)32)20-5-4-6-22(14-20)35-28(34)19-13-25(31)29(15-19)21-10-17(2)9-18(3)11-21/h4-7,9-11,14,19,23-24H,8,12-13,15H2,1-3H3/t19-,23+,24-/m1/s1. The van der Waals surface area contributed by atoms with Gasteiger partial charge in [0.1, 0.15) is 5.75 Å². The number of aryl methyl sites for hydroxylation is 2. The molecule has 2 saturated heterocycles. The van der Waals surface area contributed by atoms with Crippen molar-refractivity contribution in [3.8, 4) is 5.75 Å². The summed E-state index contributed by atoms with van der Waals surface area (Å²) in [5.74, 6) is -2.06. The van der Waals surface area contributed by atoms with Crippen LogP contribution in [-0.2, 0) is 19.2 Å². The number of nitrogens with zero attached hydrogens (tertiary/aromatic N) is 2. The molecule has 1 aliphatic carbocycles. The first-order chi connectivity index (χ1) is 16.7. The van der Waals surface area contributed by atoms with Crippen molar-refractivity contribution in [3.05, 3.63) is 65.2 Å². The number of esters is 1. The lowest BCUT2D eigenvalue weighted by Gasteiger charge is -2.19. The highest BCUT2D eigenvalue weighted by atomic mass is 16.5. The summed E-state index contributed by atoms with van der Waals surface area (Å²) in [7, 11) is 0. The Balaban J connectivity index is 1.30. The Bertz CT molecular complexity index is 1260. The molecule has 0 radical (unpaired) electrons. The maximum Gasteiger partial charge on any atom is 0.316 e. The zero-order valence-corrected chi connectivity index (χ0v) is 20.1. The van der Waals surface area contributed by atoms with E-state index in [2.05, 4.69) is 0 Å². The largest absolute Gasteiger partial charge is 0.426 e. The Morgan fingerprint density at radius 2 is 1.60 bits per heavy atom. The van der Waals surface area contributed by atoms with E-state index in [9.17, 15) is 19.2 Å². The van der Waals surface area contributed by atoms with Crippen molar-refractivity contribution in [3.63, 3.8) is 0 Å². The number of imide groups is 1. The summed E-state index contributed by atoms with van der Waals surface area (Å²) < 4.78 is 5.61. The average Bonchev–Trinajstić information content (AvgIpc) is 3.31. The third-order valence-corrected chi connectivity index (χ3v) is 7.09. The van der Waals surface area contributed by atoms with Crippen LogP contribution < -0.4 is 14.5 Å². The zero-order valence-electron chi connectivity index (χ0n) is 20.1. The number of rotatable bonds is 4. The minimum Gasteiger partial charge on any atom is -0.426 e. The number of fused-ring (bicyclic) bond motifs is 1. The molecule has 7 nitrogen and oxygen atoms in total. The fraction of sp³-hybridized carbons (Fsp3) is 0.357. The number of amides is 3. The average molecular weight is 473 g/mol. The van der Waals surface area contributed by atoms with Crippen molar-refractivity contribution in [2.24, 2.45) is 17.8 Å². The monoisotopic (exact) mass is 472 g/mol. The second-order valence-corrected chi connectivity index (χ2v) is 9.88. The van der Waals surface area contributed by atoms with Gasteiger partial charge >= 0.3 is 5.97 Å². The quantitative estimate of drug-likeness (QED) is 0.289. The normalized spacial score (nSPS) is 24.0. The van der Waals surface area contributed by atoms with Gasteiger partial charge in [-0.25, -0.2) is 4.90 Å². The third-order valence-electron chi connectivity index (χ3n) is 7.09. The molecule has 3 amide bonds. The van der Waals surface area contributed by atoms with Crippen molar-refractivity contribution in [2.75, 3.05) is 16.3 Å². The van der Waals surface area contributed by atoms with Crippen LogP contribution in [-0.4, -0.2) is 30.2 Å². The number of ether oxygens (including phenoxy) is 1. The lowest BCUT2D eigenvalue weighted by molar-refractivity contribution is -0.139. The fourth-order valence-corrected chi connectivity index (χ4v) is 5.40. The van der Waals surface area contributed by atoms with E-state index in [0.717, 1.165) is 22.4 Å². The lowest BCUT2D eigenvalue weighted by atomic mass is 9.82. The van der Waals surface area contributed by atoms with E-state index in [0.29, 0.717) is 18.5 Å². The van der Waals surface area contributed by atoms with Gasteiger partial charge < -0.3 is 9.64 Å². The Labute approximate surface area is 204 Å². The first-order valence-electron chi connectivity index (χ1n) is 11.9. The smallest absolute Gasteiger partial charge is 0.316 e. The molecule has 0 spiro atoms. The Morgan fingerprint density at radius 1 is 0.886 bits per heavy atom. The number of carbonyl (C=O) groups excluding carboxylic acids is 4. The van der Waals surface area contributed by atoms with Crippen LogP contribution in [0.2, 0.25) is 0 Å². The highest BCUT2D eigenvalue weighted by Crippen LogP contribution is 2.40. The van der Waals surface area contributed by atoms with Gasteiger partial charge in [0.05, 0.1) is 23.4 Å². The van der Waals surface area contributed by atoms with Crippen molar-refractivity contribution < 1.29 is 23.9 Å². The Morgan fingerprint density at radius 3 is 2.34 bits per heavy atom. The minimum absolute atomic E-state index is 0.0737. The van der Waals surface area contributed by atoms with E-state index in [1.54, 1.807) is 29.2 Å². The highest BCUT2D eigenvalue weighted by molar-refractivity contribution is 6.22. The summed E-state index contributed by atoms with van der Waals surface area (Å²) in [6.45, 7) is 6.17. The first-order valence-corrected chi connectivity index (χ1v) is 11.9. The van der Waals surface area contributed by atoms with Gasteiger partial charge in [-0.15, -0.1) is 0 Å². The van der Waals surface area contributed by atoms with Crippen LogP contribution >= 0.6 is 0 Å². The van der Waals surface area contributed by atoms with Gasteiger partial charge in [0.25, 0.3) is 0 Å². The predicted molar refractivity (Wildman–Crippen MR) is 131 cm³/mol. The molecule has 0 aromatic heterocycles. The minimum atomic E-state index is -0.598. The van der Waals surface area contributed by atoms with Gasteiger partial charge in [0.2, 0.25) is 17.7 Å². The second kappa shape index (κ2) is 8.80. The zero-order chi connectivity index (χ0) is 24.9. The van der Waals surface area contributed by atoms with Gasteiger partial charge in [-0.2, -0.15) is 0 Å². The Hall–Kier alpha value is -3.74. The van der Waals surface area contributed by atoms with E-state index in [1.807, 2.05) is 45.0 Å². The number of anilines is 2. The molecule has 0 N–H and O–H groups in total. The van der Waals surface area contributed by atoms with Crippen molar-refractivity contribution in [1.29, 1.82) is 0 Å². The maximum absolute atomic E-state index is 13.0. The summed E-state index contributed by atoms with van der Waals surface area (Å²) >= 11 is 0. The van der Waals surface area contributed by atoms with Gasteiger partial charge in [-0.05, 0) is 69.0 Å². The molecule has 180 valence electrons. The van der Waals surface area contributed by atoms with E-state index >= 15 is 0 Å². The molecule has 0 unspecified atom stereocenters. The molecule has 3 aliphatic rings. The topological polar surface area (TPSA) is 84.0 Å². The SMILES string of the molecule is CC1=CC[C@@H]2C(=O)N(c3cccc(OC(=O)[C@@H]4CC(=O)N(c5cc(C)cc(C)c5)C4)c3)C(=O)[C@@H]2C1. The molecule has 7 heteroatoms. The van der Waals surface area contributed by atoms with E-state index in [4.69, 9.17) is 4.74 Å². The number of allylic oxidation sites excluding steroid dienone is 2. The van der Waals surface area contributed by atoms with Gasteiger partial charge in [-0.1, -0.05) is 23.8 Å². The van der Waals surface area contributed by atoms with Crippen LogP contribution in [0, 0.1) is 31.6 Å². The third kappa shape index (κ3) is 4.27. The van der Waals surface area contributed by atoms with Crippen LogP contribution in [0.5, 0.6) is 5.75 Å². The van der Waals surface area contributed by atoms with E-state index in [-0.39, 0.29) is 48.3 Å². The number of hydrogen-bond acceptors (Lipinski definition) is 5. The maximum atomic E-state index is 13.0. The van der Waals surface area contributed by atoms with Crippen LogP contribution in [0.4, 0.5) is 11.4 Å². The van der Waals surface area contributed by atoms with Crippen molar-refractivity contribution >= 4 is 35.1 Å². The highest BCUT2D eigenvalue weighted by Gasteiger charge is 2.48.